The van der Waals surface area contributed by atoms with E-state index in [9.17, 15) is 0 Å². The van der Waals surface area contributed by atoms with Crippen molar-refractivity contribution < 1.29 is 4.74 Å². The van der Waals surface area contributed by atoms with Gasteiger partial charge in [-0.2, -0.15) is 0 Å². The summed E-state index contributed by atoms with van der Waals surface area (Å²) in [5.41, 5.74) is 3.86. The first-order valence-electron chi connectivity index (χ1n) is 8.83. The van der Waals surface area contributed by atoms with Gasteiger partial charge in [0.05, 0.1) is 13.2 Å². The van der Waals surface area contributed by atoms with Gasteiger partial charge >= 0.3 is 0 Å². The fraction of sp³-hybridized carbons (Fsp3) is 0.474. The second kappa shape index (κ2) is 7.28. The van der Waals surface area contributed by atoms with E-state index < -0.39 is 0 Å². The number of nitrogens with one attached hydrogen (secondary N) is 1. The first-order valence-corrected chi connectivity index (χ1v) is 8.83. The van der Waals surface area contributed by atoms with Crippen LogP contribution in [0.25, 0.3) is 0 Å². The molecule has 2 heterocycles. The van der Waals surface area contributed by atoms with Gasteiger partial charge in [0.15, 0.2) is 0 Å². The van der Waals surface area contributed by atoms with Crippen LogP contribution >= 0.6 is 0 Å². The number of aromatic nitrogens is 2. The maximum absolute atomic E-state index is 5.41. The maximum Gasteiger partial charge on any atom is 0.225 e. The minimum absolute atomic E-state index is 0.510. The lowest BCUT2D eigenvalue weighted by Gasteiger charge is -2.29. The van der Waals surface area contributed by atoms with Gasteiger partial charge in [-0.25, -0.2) is 9.97 Å². The highest BCUT2D eigenvalue weighted by Gasteiger charge is 2.22. The van der Waals surface area contributed by atoms with Crippen molar-refractivity contribution >= 4 is 5.95 Å². The smallest absolute Gasteiger partial charge is 0.225 e. The largest absolute Gasteiger partial charge is 0.378 e. The van der Waals surface area contributed by atoms with E-state index in [1.807, 2.05) is 6.20 Å². The number of hydrogen-bond donors (Lipinski definition) is 1. The molecule has 0 amide bonds. The second-order valence-corrected chi connectivity index (χ2v) is 6.55. The number of rotatable bonds is 4. The van der Waals surface area contributed by atoms with E-state index in [-0.39, 0.29) is 0 Å². The van der Waals surface area contributed by atoms with Crippen LogP contribution in [-0.4, -0.2) is 42.3 Å². The third-order valence-corrected chi connectivity index (χ3v) is 4.87. The SMILES string of the molecule is c1ccc(CN[C@@H]2CCc3nc(N4CCOCC4)ncc3C2)cc1. The Morgan fingerprint density at radius 2 is 2.00 bits per heavy atom. The predicted molar refractivity (Wildman–Crippen MR) is 94.2 cm³/mol. The van der Waals surface area contributed by atoms with Crippen LogP contribution < -0.4 is 10.2 Å². The van der Waals surface area contributed by atoms with Crippen LogP contribution in [0.2, 0.25) is 0 Å². The van der Waals surface area contributed by atoms with Gasteiger partial charge in [-0.1, -0.05) is 30.3 Å². The Bertz CT molecular complexity index is 670. The van der Waals surface area contributed by atoms with E-state index in [1.165, 1.54) is 16.8 Å². The maximum atomic E-state index is 5.41. The van der Waals surface area contributed by atoms with E-state index in [4.69, 9.17) is 9.72 Å². The van der Waals surface area contributed by atoms with Crippen molar-refractivity contribution in [3.05, 3.63) is 53.3 Å². The number of anilines is 1. The molecule has 0 saturated carbocycles. The number of morpholine rings is 1. The van der Waals surface area contributed by atoms with Gasteiger partial charge in [0.25, 0.3) is 0 Å². The van der Waals surface area contributed by atoms with E-state index in [2.05, 4.69) is 45.5 Å². The monoisotopic (exact) mass is 324 g/mol. The molecular weight excluding hydrogens is 300 g/mol. The summed E-state index contributed by atoms with van der Waals surface area (Å²) >= 11 is 0. The zero-order valence-corrected chi connectivity index (χ0v) is 13.9. The number of benzene rings is 1. The molecule has 126 valence electrons. The van der Waals surface area contributed by atoms with Crippen molar-refractivity contribution in [3.8, 4) is 0 Å². The summed E-state index contributed by atoms with van der Waals surface area (Å²) in [5.74, 6) is 0.868. The zero-order chi connectivity index (χ0) is 16.2. The molecule has 1 saturated heterocycles. The van der Waals surface area contributed by atoms with Crippen LogP contribution in [0.3, 0.4) is 0 Å². The molecule has 2 aromatic rings. The van der Waals surface area contributed by atoms with E-state index in [0.717, 1.165) is 58.1 Å². The molecule has 5 heteroatoms. The molecule has 1 N–H and O–H groups in total. The molecule has 1 aromatic heterocycles. The standard InChI is InChI=1S/C19H24N4O/c1-2-4-15(5-3-1)13-20-17-6-7-18-16(12-17)14-21-19(22-18)23-8-10-24-11-9-23/h1-5,14,17,20H,6-13H2/t17-/m1/s1. The molecular formula is C19H24N4O. The fourth-order valence-electron chi connectivity index (χ4n) is 3.44. The van der Waals surface area contributed by atoms with Crippen LogP contribution in [0, 0.1) is 0 Å². The number of hydrogen-bond acceptors (Lipinski definition) is 5. The highest BCUT2D eigenvalue weighted by molar-refractivity contribution is 5.35. The minimum atomic E-state index is 0.510. The van der Waals surface area contributed by atoms with Gasteiger partial charge in [0, 0.05) is 37.6 Å². The lowest BCUT2D eigenvalue weighted by Crippen LogP contribution is -2.38. The molecule has 1 atom stereocenters. The van der Waals surface area contributed by atoms with Gasteiger partial charge in [0.2, 0.25) is 5.95 Å². The molecule has 0 bridgehead atoms. The Hall–Kier alpha value is -1.98. The van der Waals surface area contributed by atoms with Crippen molar-refractivity contribution in [1.29, 1.82) is 0 Å². The number of aryl methyl sites for hydroxylation is 1. The summed E-state index contributed by atoms with van der Waals surface area (Å²) in [7, 11) is 0. The van der Waals surface area contributed by atoms with Gasteiger partial charge in [0.1, 0.15) is 0 Å². The first-order chi connectivity index (χ1) is 11.9. The van der Waals surface area contributed by atoms with Crippen LogP contribution in [0.15, 0.2) is 36.5 Å². The number of fused-ring (bicyclic) bond motifs is 1. The van der Waals surface area contributed by atoms with E-state index >= 15 is 0 Å². The van der Waals surface area contributed by atoms with Crippen LogP contribution in [-0.2, 0) is 24.1 Å². The normalized spacial score (nSPS) is 20.7. The number of ether oxygens (including phenoxy) is 1. The molecule has 2 aliphatic rings. The fourth-order valence-corrected chi connectivity index (χ4v) is 3.44. The summed E-state index contributed by atoms with van der Waals surface area (Å²) in [5, 5.41) is 3.67. The molecule has 5 nitrogen and oxygen atoms in total. The average Bonchev–Trinajstić information content (AvgIpc) is 2.67. The summed E-state index contributed by atoms with van der Waals surface area (Å²) in [6, 6.07) is 11.1. The summed E-state index contributed by atoms with van der Waals surface area (Å²) in [6.45, 7) is 4.24. The Kier molecular flexibility index (Phi) is 4.71. The number of nitrogens with zero attached hydrogens (tertiary/aromatic N) is 3. The van der Waals surface area contributed by atoms with Gasteiger partial charge in [-0.05, 0) is 30.4 Å². The van der Waals surface area contributed by atoms with Crippen molar-refractivity contribution in [2.24, 2.45) is 0 Å². The Balaban J connectivity index is 1.38. The second-order valence-electron chi connectivity index (χ2n) is 6.55. The minimum Gasteiger partial charge on any atom is -0.378 e. The van der Waals surface area contributed by atoms with Crippen LogP contribution in [0.4, 0.5) is 5.95 Å². The van der Waals surface area contributed by atoms with Crippen LogP contribution in [0.1, 0.15) is 23.2 Å². The summed E-state index contributed by atoms with van der Waals surface area (Å²) < 4.78 is 5.41. The van der Waals surface area contributed by atoms with Crippen molar-refractivity contribution in [3.63, 3.8) is 0 Å². The third-order valence-electron chi connectivity index (χ3n) is 4.87. The molecule has 1 aliphatic heterocycles. The third kappa shape index (κ3) is 3.57. The van der Waals surface area contributed by atoms with Gasteiger partial charge in [-0.15, -0.1) is 0 Å². The van der Waals surface area contributed by atoms with Crippen LogP contribution in [0.5, 0.6) is 0 Å². The molecule has 1 aliphatic carbocycles. The summed E-state index contributed by atoms with van der Waals surface area (Å²) in [6.07, 6.45) is 5.22. The Labute approximate surface area is 143 Å². The van der Waals surface area contributed by atoms with E-state index in [0.29, 0.717) is 6.04 Å². The molecule has 1 aromatic carbocycles. The van der Waals surface area contributed by atoms with Crippen molar-refractivity contribution in [2.45, 2.75) is 31.8 Å². The highest BCUT2D eigenvalue weighted by Crippen LogP contribution is 2.22. The molecule has 24 heavy (non-hydrogen) atoms. The van der Waals surface area contributed by atoms with Crippen molar-refractivity contribution in [2.75, 3.05) is 31.2 Å². The topological polar surface area (TPSA) is 50.3 Å². The molecule has 0 spiro atoms. The van der Waals surface area contributed by atoms with Gasteiger partial charge in [-0.3, -0.25) is 0 Å². The van der Waals surface area contributed by atoms with Gasteiger partial charge < -0.3 is 15.0 Å². The Morgan fingerprint density at radius 1 is 1.17 bits per heavy atom. The molecule has 4 rings (SSSR count). The van der Waals surface area contributed by atoms with Crippen molar-refractivity contribution in [1.82, 2.24) is 15.3 Å². The average molecular weight is 324 g/mol. The Morgan fingerprint density at radius 3 is 2.83 bits per heavy atom. The quantitative estimate of drug-likeness (QED) is 0.932. The lowest BCUT2D eigenvalue weighted by atomic mass is 9.92. The predicted octanol–water partition coefficient (Wildman–Crippen LogP) is 1.96. The summed E-state index contributed by atoms with van der Waals surface area (Å²) in [4.78, 5) is 11.6. The first kappa shape index (κ1) is 15.5. The highest BCUT2D eigenvalue weighted by atomic mass is 16.5. The zero-order valence-electron chi connectivity index (χ0n) is 13.9. The molecule has 0 unspecified atom stereocenters. The molecule has 1 fully saturated rings. The lowest BCUT2D eigenvalue weighted by molar-refractivity contribution is 0.122. The molecule has 0 radical (unpaired) electrons. The van der Waals surface area contributed by atoms with E-state index in [1.54, 1.807) is 0 Å².